The Bertz CT molecular complexity index is 274. The van der Waals surface area contributed by atoms with Crippen LogP contribution in [-0.2, 0) is 0 Å². The smallest absolute Gasteiger partial charge is 0.0283 e. The largest absolute Gasteiger partial charge is 0.296 e. The summed E-state index contributed by atoms with van der Waals surface area (Å²) in [5.41, 5.74) is 4.70. The molecule has 0 amide bonds. The van der Waals surface area contributed by atoms with Crippen molar-refractivity contribution in [2.45, 2.75) is 41.5 Å². The quantitative estimate of drug-likeness (QED) is 0.475. The number of hydrogen-bond acceptors (Lipinski definition) is 1. The van der Waals surface area contributed by atoms with Gasteiger partial charge in [-0.05, 0) is 44.4 Å². The summed E-state index contributed by atoms with van der Waals surface area (Å²) in [6.07, 6.45) is 3.87. The Morgan fingerprint density at radius 2 is 1.60 bits per heavy atom. The Morgan fingerprint density at radius 1 is 1.13 bits per heavy atom. The zero-order chi connectivity index (χ0) is 12.4. The molecule has 1 heteroatoms. The molecule has 86 valence electrons. The summed E-state index contributed by atoms with van der Waals surface area (Å²) in [5, 5.41) is 0. The van der Waals surface area contributed by atoms with Gasteiger partial charge in [-0.1, -0.05) is 32.1 Å². The van der Waals surface area contributed by atoms with E-state index in [-0.39, 0.29) is 0 Å². The summed E-state index contributed by atoms with van der Waals surface area (Å²) >= 11 is 0. The molecule has 0 heterocycles. The summed E-state index contributed by atoms with van der Waals surface area (Å²) in [7, 11) is 1.77. The van der Waals surface area contributed by atoms with Gasteiger partial charge in [-0.25, -0.2) is 0 Å². The first-order valence-electron chi connectivity index (χ1n) is 5.46. The highest BCUT2D eigenvalue weighted by Crippen LogP contribution is 2.18. The van der Waals surface area contributed by atoms with Crippen LogP contribution in [-0.4, -0.2) is 13.3 Å². The maximum absolute atomic E-state index is 4.05. The van der Waals surface area contributed by atoms with Crippen LogP contribution in [0.4, 0.5) is 0 Å². The fourth-order valence-corrected chi connectivity index (χ4v) is 0.984. The second-order valence-electron chi connectivity index (χ2n) is 3.23. The highest BCUT2D eigenvalue weighted by molar-refractivity contribution is 5.86. The van der Waals surface area contributed by atoms with Crippen molar-refractivity contribution in [2.24, 2.45) is 4.99 Å². The minimum atomic E-state index is 1.06. The SMILES string of the molecule is C=C(C(C)=C(C)C)/C(C=NC)=C/C.CC. The van der Waals surface area contributed by atoms with Crippen molar-refractivity contribution in [3.63, 3.8) is 0 Å². The van der Waals surface area contributed by atoms with Crippen LogP contribution in [0.1, 0.15) is 41.5 Å². The Morgan fingerprint density at radius 3 is 1.87 bits per heavy atom. The molecule has 0 rings (SSSR count). The van der Waals surface area contributed by atoms with Gasteiger partial charge in [0.25, 0.3) is 0 Å². The van der Waals surface area contributed by atoms with Gasteiger partial charge in [0.15, 0.2) is 0 Å². The molecule has 0 radical (unpaired) electrons. The number of nitrogens with zero attached hydrogens (tertiary/aromatic N) is 1. The fourth-order valence-electron chi connectivity index (χ4n) is 0.984. The van der Waals surface area contributed by atoms with E-state index in [0.29, 0.717) is 0 Å². The van der Waals surface area contributed by atoms with Gasteiger partial charge in [0, 0.05) is 13.3 Å². The van der Waals surface area contributed by atoms with Gasteiger partial charge >= 0.3 is 0 Å². The van der Waals surface area contributed by atoms with Crippen molar-refractivity contribution in [3.8, 4) is 0 Å². The molecule has 0 bridgehead atoms. The van der Waals surface area contributed by atoms with Gasteiger partial charge in [-0.15, -0.1) is 0 Å². The van der Waals surface area contributed by atoms with Crippen LogP contribution in [0.3, 0.4) is 0 Å². The van der Waals surface area contributed by atoms with Crippen LogP contribution in [0.5, 0.6) is 0 Å². The topological polar surface area (TPSA) is 12.4 Å². The molecule has 0 aliphatic rings. The summed E-state index contributed by atoms with van der Waals surface area (Å²) in [5.74, 6) is 0. The van der Waals surface area contributed by atoms with Crippen molar-refractivity contribution in [1.29, 1.82) is 0 Å². The Labute approximate surface area is 95.3 Å². The van der Waals surface area contributed by atoms with Crippen molar-refractivity contribution in [1.82, 2.24) is 0 Å². The van der Waals surface area contributed by atoms with E-state index in [0.717, 1.165) is 11.1 Å². The van der Waals surface area contributed by atoms with Crippen LogP contribution < -0.4 is 0 Å². The predicted octanol–water partition coefficient (Wildman–Crippen LogP) is 4.57. The van der Waals surface area contributed by atoms with E-state index < -0.39 is 0 Å². The number of rotatable bonds is 3. The highest BCUT2D eigenvalue weighted by atomic mass is 14.6. The van der Waals surface area contributed by atoms with Crippen LogP contribution in [0.25, 0.3) is 0 Å². The summed E-state index contributed by atoms with van der Waals surface area (Å²) < 4.78 is 0. The maximum atomic E-state index is 4.05. The van der Waals surface area contributed by atoms with Gasteiger partial charge in [-0.3, -0.25) is 4.99 Å². The summed E-state index contributed by atoms with van der Waals surface area (Å²) in [4.78, 5) is 3.99. The molecule has 0 aliphatic heterocycles. The predicted molar refractivity (Wildman–Crippen MR) is 72.7 cm³/mol. The average Bonchev–Trinajstić information content (AvgIpc) is 2.26. The summed E-state index contributed by atoms with van der Waals surface area (Å²) in [6.45, 7) is 16.3. The van der Waals surface area contributed by atoms with Gasteiger partial charge < -0.3 is 0 Å². The molecular formula is C14H25N. The molecule has 0 atom stereocenters. The minimum absolute atomic E-state index is 1.06. The zero-order valence-electron chi connectivity index (χ0n) is 11.3. The highest BCUT2D eigenvalue weighted by Gasteiger charge is 2.02. The maximum Gasteiger partial charge on any atom is 0.0283 e. The normalized spacial score (nSPS) is 10.7. The van der Waals surface area contributed by atoms with Crippen LogP contribution in [0.2, 0.25) is 0 Å². The molecule has 0 unspecified atom stereocenters. The van der Waals surface area contributed by atoms with E-state index in [9.17, 15) is 0 Å². The third-order valence-electron chi connectivity index (χ3n) is 2.13. The average molecular weight is 207 g/mol. The molecule has 0 aliphatic carbocycles. The summed E-state index contributed by atoms with van der Waals surface area (Å²) in [6, 6.07) is 0. The van der Waals surface area contributed by atoms with Crippen molar-refractivity contribution in [2.75, 3.05) is 7.05 Å². The van der Waals surface area contributed by atoms with Gasteiger partial charge in [0.1, 0.15) is 0 Å². The van der Waals surface area contributed by atoms with Gasteiger partial charge in [0.2, 0.25) is 0 Å². The molecule has 0 N–H and O–H groups in total. The standard InChI is InChI=1S/C12H19N.C2H6/c1-7-12(8-13-6)11(5)10(4)9(2)3;1-2/h7-8H,5H2,1-4,6H3;1-2H3/b12-7+,13-8?;. The van der Waals surface area contributed by atoms with Crippen LogP contribution in [0, 0.1) is 0 Å². The second-order valence-corrected chi connectivity index (χ2v) is 3.23. The zero-order valence-corrected chi connectivity index (χ0v) is 11.3. The fraction of sp³-hybridized carbons (Fsp3) is 0.500. The lowest BCUT2D eigenvalue weighted by molar-refractivity contribution is 1.25. The minimum Gasteiger partial charge on any atom is -0.296 e. The molecular weight excluding hydrogens is 182 g/mol. The van der Waals surface area contributed by atoms with Crippen molar-refractivity contribution < 1.29 is 0 Å². The Balaban J connectivity index is 0. The van der Waals surface area contributed by atoms with E-state index in [1.54, 1.807) is 7.05 Å². The molecule has 15 heavy (non-hydrogen) atoms. The van der Waals surface area contributed by atoms with Crippen LogP contribution >= 0.6 is 0 Å². The lowest BCUT2D eigenvalue weighted by Crippen LogP contribution is -1.93. The monoisotopic (exact) mass is 207 g/mol. The van der Waals surface area contributed by atoms with Crippen LogP contribution in [0.15, 0.2) is 39.9 Å². The lowest BCUT2D eigenvalue weighted by Gasteiger charge is -2.08. The van der Waals surface area contributed by atoms with E-state index in [2.05, 4.69) is 32.3 Å². The molecule has 0 saturated carbocycles. The van der Waals surface area contributed by atoms with E-state index >= 15 is 0 Å². The first kappa shape index (κ1) is 16.3. The molecule has 0 saturated heterocycles. The van der Waals surface area contributed by atoms with Crippen molar-refractivity contribution >= 4 is 6.21 Å². The second kappa shape index (κ2) is 9.45. The van der Waals surface area contributed by atoms with Gasteiger partial charge in [-0.2, -0.15) is 0 Å². The third-order valence-corrected chi connectivity index (χ3v) is 2.13. The third kappa shape index (κ3) is 6.05. The molecule has 0 fully saturated rings. The first-order valence-corrected chi connectivity index (χ1v) is 5.46. The van der Waals surface area contributed by atoms with E-state index in [4.69, 9.17) is 0 Å². The first-order chi connectivity index (χ1) is 7.04. The van der Waals surface area contributed by atoms with E-state index in [1.807, 2.05) is 33.1 Å². The molecule has 0 aromatic rings. The van der Waals surface area contributed by atoms with Gasteiger partial charge in [0.05, 0.1) is 0 Å². The number of aliphatic imine (C=N–C) groups is 1. The van der Waals surface area contributed by atoms with Crippen molar-refractivity contribution in [3.05, 3.63) is 34.9 Å². The molecule has 0 aromatic carbocycles. The molecule has 1 nitrogen and oxygen atoms in total. The van der Waals surface area contributed by atoms with E-state index in [1.165, 1.54) is 11.1 Å². The Hall–Kier alpha value is -1.11. The lowest BCUT2D eigenvalue weighted by atomic mass is 9.98. The number of allylic oxidation sites excluding steroid dienone is 5. The molecule has 0 aromatic heterocycles. The molecule has 0 spiro atoms. The number of hydrogen-bond donors (Lipinski definition) is 0. The Kier molecular flexibility index (Phi) is 10.3.